The van der Waals surface area contributed by atoms with Crippen molar-refractivity contribution in [1.82, 2.24) is 0 Å². The first kappa shape index (κ1) is 13.3. The van der Waals surface area contributed by atoms with E-state index in [-0.39, 0.29) is 12.2 Å². The predicted octanol–water partition coefficient (Wildman–Crippen LogP) is 1.25. The minimum atomic E-state index is -2.76. The largest absolute Gasteiger partial charge is 0.396 e. The van der Waals surface area contributed by atoms with Crippen molar-refractivity contribution in [2.75, 3.05) is 13.2 Å². The zero-order chi connectivity index (χ0) is 13.3. The van der Waals surface area contributed by atoms with E-state index in [0.717, 1.165) is 0 Å². The number of alkyl halides is 2. The second-order valence-electron chi connectivity index (χ2n) is 4.42. The van der Waals surface area contributed by atoms with Gasteiger partial charge in [0.25, 0.3) is 6.43 Å². The van der Waals surface area contributed by atoms with Crippen molar-refractivity contribution in [2.45, 2.75) is 18.1 Å². The van der Waals surface area contributed by atoms with Gasteiger partial charge in [-0.2, -0.15) is 0 Å². The van der Waals surface area contributed by atoms with Gasteiger partial charge in [0.2, 0.25) is 0 Å². The highest BCUT2D eigenvalue weighted by Gasteiger charge is 2.52. The summed E-state index contributed by atoms with van der Waals surface area (Å²) in [6, 6.07) is 5.68. The van der Waals surface area contributed by atoms with Gasteiger partial charge in [-0.1, -0.05) is 18.2 Å². The van der Waals surface area contributed by atoms with Crippen LogP contribution in [0, 0.1) is 11.7 Å². The van der Waals surface area contributed by atoms with Gasteiger partial charge in [0.15, 0.2) is 0 Å². The maximum absolute atomic E-state index is 13.7. The number of benzene rings is 1. The van der Waals surface area contributed by atoms with Gasteiger partial charge in [-0.05, 0) is 6.07 Å². The first-order valence-electron chi connectivity index (χ1n) is 5.55. The molecule has 0 saturated carbocycles. The van der Waals surface area contributed by atoms with Gasteiger partial charge < -0.3 is 15.6 Å². The summed E-state index contributed by atoms with van der Waals surface area (Å²) in [5, 5.41) is 9.26. The van der Waals surface area contributed by atoms with Crippen LogP contribution in [0.15, 0.2) is 24.3 Å². The molecule has 0 aliphatic carbocycles. The number of hydrogen-bond acceptors (Lipinski definition) is 3. The molecule has 0 radical (unpaired) electrons. The highest BCUT2D eigenvalue weighted by molar-refractivity contribution is 5.29. The number of ether oxygens (including phenoxy) is 1. The summed E-state index contributed by atoms with van der Waals surface area (Å²) in [5.41, 5.74) is 4.67. The van der Waals surface area contributed by atoms with Crippen molar-refractivity contribution in [3.8, 4) is 0 Å². The summed E-state index contributed by atoms with van der Waals surface area (Å²) in [7, 11) is 0. The Labute approximate surface area is 102 Å². The second kappa shape index (κ2) is 4.87. The molecule has 0 amide bonds. The summed E-state index contributed by atoms with van der Waals surface area (Å²) < 4.78 is 44.2. The third kappa shape index (κ3) is 2.00. The fourth-order valence-corrected chi connectivity index (χ4v) is 2.38. The molecule has 3 nitrogen and oxygen atoms in total. The molecule has 0 bridgehead atoms. The van der Waals surface area contributed by atoms with E-state index < -0.39 is 36.4 Å². The summed E-state index contributed by atoms with van der Waals surface area (Å²) in [5.74, 6) is -1.62. The smallest absolute Gasteiger partial charge is 0.264 e. The lowest BCUT2D eigenvalue weighted by atomic mass is 9.79. The number of hydrogen-bond donors (Lipinski definition) is 2. The molecular weight excluding hydrogens is 247 g/mol. The highest BCUT2D eigenvalue weighted by Crippen LogP contribution is 2.40. The molecule has 1 aliphatic heterocycles. The first-order valence-corrected chi connectivity index (χ1v) is 5.55. The molecule has 100 valence electrons. The average Bonchev–Trinajstić information content (AvgIpc) is 2.68. The van der Waals surface area contributed by atoms with E-state index >= 15 is 0 Å². The minimum absolute atomic E-state index is 0.0900. The van der Waals surface area contributed by atoms with Crippen molar-refractivity contribution in [3.05, 3.63) is 35.6 Å². The van der Waals surface area contributed by atoms with E-state index in [2.05, 4.69) is 0 Å². The molecule has 1 aromatic rings. The lowest BCUT2D eigenvalue weighted by Gasteiger charge is -2.30. The summed E-state index contributed by atoms with van der Waals surface area (Å²) in [6.07, 6.45) is -4.24. The molecule has 0 unspecified atom stereocenters. The SMILES string of the molecule is N[C@@]1(c2ccccc2F)CO[C@H](C(F)F)[C@H]1CO. The van der Waals surface area contributed by atoms with Crippen molar-refractivity contribution < 1.29 is 23.0 Å². The third-order valence-corrected chi connectivity index (χ3v) is 3.39. The number of rotatable bonds is 3. The van der Waals surface area contributed by atoms with Crippen molar-refractivity contribution in [1.29, 1.82) is 0 Å². The summed E-state index contributed by atoms with van der Waals surface area (Å²) >= 11 is 0. The fourth-order valence-electron chi connectivity index (χ4n) is 2.38. The van der Waals surface area contributed by atoms with Crippen molar-refractivity contribution >= 4 is 0 Å². The van der Waals surface area contributed by atoms with Crippen LogP contribution in [-0.2, 0) is 10.3 Å². The van der Waals surface area contributed by atoms with Crippen LogP contribution in [0.1, 0.15) is 5.56 Å². The average molecular weight is 261 g/mol. The molecule has 1 heterocycles. The van der Waals surface area contributed by atoms with Crippen LogP contribution in [0.3, 0.4) is 0 Å². The van der Waals surface area contributed by atoms with Crippen LogP contribution in [0.5, 0.6) is 0 Å². The monoisotopic (exact) mass is 261 g/mol. The molecule has 6 heteroatoms. The molecule has 3 N–H and O–H groups in total. The third-order valence-electron chi connectivity index (χ3n) is 3.39. The number of halogens is 3. The predicted molar refractivity (Wildman–Crippen MR) is 58.6 cm³/mol. The van der Waals surface area contributed by atoms with Crippen LogP contribution in [-0.4, -0.2) is 30.8 Å². The molecule has 1 aromatic carbocycles. The van der Waals surface area contributed by atoms with Crippen LogP contribution in [0.2, 0.25) is 0 Å². The van der Waals surface area contributed by atoms with E-state index in [9.17, 15) is 18.3 Å². The van der Waals surface area contributed by atoms with E-state index in [1.807, 2.05) is 0 Å². The Balaban J connectivity index is 2.39. The molecule has 1 saturated heterocycles. The second-order valence-corrected chi connectivity index (χ2v) is 4.42. The van der Waals surface area contributed by atoms with Crippen molar-refractivity contribution in [3.63, 3.8) is 0 Å². The normalized spacial score (nSPS) is 32.1. The van der Waals surface area contributed by atoms with Gasteiger partial charge in [0.1, 0.15) is 11.9 Å². The molecule has 1 fully saturated rings. The van der Waals surface area contributed by atoms with Gasteiger partial charge in [-0.25, -0.2) is 13.2 Å². The van der Waals surface area contributed by atoms with Gasteiger partial charge in [-0.3, -0.25) is 0 Å². The van der Waals surface area contributed by atoms with Crippen LogP contribution in [0.4, 0.5) is 13.2 Å². The van der Waals surface area contributed by atoms with Gasteiger partial charge in [-0.15, -0.1) is 0 Å². The Bertz CT molecular complexity index is 430. The van der Waals surface area contributed by atoms with Crippen LogP contribution >= 0.6 is 0 Å². The summed E-state index contributed by atoms with van der Waals surface area (Å²) in [6.45, 7) is -0.825. The maximum Gasteiger partial charge on any atom is 0.264 e. The van der Waals surface area contributed by atoms with E-state index in [1.165, 1.54) is 18.2 Å². The topological polar surface area (TPSA) is 55.5 Å². The first-order chi connectivity index (χ1) is 8.50. The molecule has 0 aromatic heterocycles. The lowest BCUT2D eigenvalue weighted by molar-refractivity contribution is -0.0476. The minimum Gasteiger partial charge on any atom is -0.396 e. The Morgan fingerprint density at radius 1 is 1.44 bits per heavy atom. The van der Waals surface area contributed by atoms with E-state index in [4.69, 9.17) is 10.5 Å². The van der Waals surface area contributed by atoms with Crippen LogP contribution in [0.25, 0.3) is 0 Å². The number of nitrogens with two attached hydrogens (primary N) is 1. The quantitative estimate of drug-likeness (QED) is 0.861. The van der Waals surface area contributed by atoms with Gasteiger partial charge >= 0.3 is 0 Å². The summed E-state index contributed by atoms with van der Waals surface area (Å²) in [4.78, 5) is 0. The van der Waals surface area contributed by atoms with E-state index in [0.29, 0.717) is 0 Å². The van der Waals surface area contributed by atoms with Crippen molar-refractivity contribution in [2.24, 2.45) is 11.7 Å². The zero-order valence-electron chi connectivity index (χ0n) is 9.52. The van der Waals surface area contributed by atoms with Gasteiger partial charge in [0, 0.05) is 11.5 Å². The number of aliphatic hydroxyl groups is 1. The molecular formula is C12H14F3NO2. The van der Waals surface area contributed by atoms with Gasteiger partial charge in [0.05, 0.1) is 18.8 Å². The lowest BCUT2D eigenvalue weighted by Crippen LogP contribution is -2.48. The Hall–Kier alpha value is -1.11. The zero-order valence-corrected chi connectivity index (χ0v) is 9.52. The van der Waals surface area contributed by atoms with E-state index in [1.54, 1.807) is 6.07 Å². The maximum atomic E-state index is 13.7. The Morgan fingerprint density at radius 3 is 2.67 bits per heavy atom. The number of aliphatic hydroxyl groups excluding tert-OH is 1. The Kier molecular flexibility index (Phi) is 3.61. The molecule has 0 spiro atoms. The standard InChI is InChI=1S/C12H14F3NO2/c13-9-4-2-1-3-7(9)12(16)6-18-10(11(14)15)8(12)5-17/h1-4,8,10-11,17H,5-6,16H2/t8-,10+,12-/m1/s1. The fraction of sp³-hybridized carbons (Fsp3) is 0.500. The molecule has 3 atom stereocenters. The highest BCUT2D eigenvalue weighted by atomic mass is 19.3. The van der Waals surface area contributed by atoms with Crippen LogP contribution < -0.4 is 5.73 Å². The molecule has 1 aliphatic rings. The molecule has 2 rings (SSSR count). The Morgan fingerprint density at radius 2 is 2.11 bits per heavy atom. The molecule has 18 heavy (non-hydrogen) atoms.